The van der Waals surface area contributed by atoms with Crippen molar-refractivity contribution >= 4 is 34.8 Å². The lowest BCUT2D eigenvalue weighted by atomic mass is 10.2. The van der Waals surface area contributed by atoms with Gasteiger partial charge in [-0.1, -0.05) is 28.1 Å². The molecule has 5 heteroatoms. The molecule has 0 aliphatic carbocycles. The highest BCUT2D eigenvalue weighted by atomic mass is 79.9. The first-order chi connectivity index (χ1) is 7.11. The van der Waals surface area contributed by atoms with Gasteiger partial charge in [0.05, 0.1) is 15.7 Å². The van der Waals surface area contributed by atoms with Crippen LogP contribution in [-0.2, 0) is 0 Å². The maximum atomic E-state index is 12.0. The van der Waals surface area contributed by atoms with Crippen molar-refractivity contribution < 1.29 is 0 Å². The summed E-state index contributed by atoms with van der Waals surface area (Å²) in [4.78, 5) is 16.5. The first-order valence-electron chi connectivity index (χ1n) is 4.71. The number of nitrogens with zero attached hydrogens (tertiary/aromatic N) is 2. The van der Waals surface area contributed by atoms with E-state index in [1.807, 2.05) is 25.1 Å². The Morgan fingerprint density at radius 3 is 2.80 bits per heavy atom. The Hall–Kier alpha value is -1.10. The summed E-state index contributed by atoms with van der Waals surface area (Å²) in [5, 5.41) is 0.664. The number of para-hydroxylation sites is 1. The summed E-state index contributed by atoms with van der Waals surface area (Å²) in [6.07, 6.45) is 0. The van der Waals surface area contributed by atoms with Crippen molar-refractivity contribution in [2.75, 3.05) is 0 Å². The van der Waals surface area contributed by atoms with Crippen molar-refractivity contribution in [3.05, 3.63) is 40.4 Å². The number of hydrogen-bond acceptors (Lipinski definition) is 2. The fraction of sp³-hybridized carbons (Fsp3) is 0.200. The first kappa shape index (κ1) is 10.4. The normalized spacial score (nSPS) is 12.9. The Balaban J connectivity index is 2.89. The van der Waals surface area contributed by atoms with Crippen molar-refractivity contribution in [1.82, 2.24) is 9.46 Å². The Labute approximate surface area is 96.7 Å². The summed E-state index contributed by atoms with van der Waals surface area (Å²) in [6, 6.07) is 7.39. The predicted molar refractivity (Wildman–Crippen MR) is 67.3 cm³/mol. The summed E-state index contributed by atoms with van der Waals surface area (Å²) in [7, 11) is 1.74. The maximum absolute atomic E-state index is 12.0. The van der Waals surface area contributed by atoms with E-state index in [-0.39, 0.29) is 10.4 Å². The molecular formula is C10H10BBrN2O. The van der Waals surface area contributed by atoms with Crippen LogP contribution in [0.3, 0.4) is 0 Å². The highest BCUT2D eigenvalue weighted by Crippen LogP contribution is 2.19. The number of benzene rings is 1. The smallest absolute Gasteiger partial charge is 0.248 e. The molecule has 1 atom stereocenters. The lowest BCUT2D eigenvalue weighted by Crippen LogP contribution is -2.24. The summed E-state index contributed by atoms with van der Waals surface area (Å²) in [6.45, 7) is 1.95. The standard InChI is InChI=1S/C10H10BBrN2O/c1-6(12)9-13-8-5-3-2-4-7(8)10(15)14(9)11/h2-6H,11H2,1H3. The third-order valence-corrected chi connectivity index (χ3v) is 2.78. The van der Waals surface area contributed by atoms with Crippen LogP contribution < -0.4 is 5.56 Å². The van der Waals surface area contributed by atoms with E-state index >= 15 is 0 Å². The molecule has 0 fully saturated rings. The molecule has 76 valence electrons. The van der Waals surface area contributed by atoms with Gasteiger partial charge >= 0.3 is 0 Å². The van der Waals surface area contributed by atoms with E-state index in [0.717, 1.165) is 11.3 Å². The second-order valence-electron chi connectivity index (χ2n) is 3.47. The molecule has 0 amide bonds. The Bertz CT molecular complexity index is 565. The molecule has 2 rings (SSSR count). The van der Waals surface area contributed by atoms with Gasteiger partial charge in [-0.15, -0.1) is 0 Å². The van der Waals surface area contributed by atoms with Gasteiger partial charge in [-0.2, -0.15) is 0 Å². The number of aromatic nitrogens is 2. The molecular weight excluding hydrogens is 255 g/mol. The lowest BCUT2D eigenvalue weighted by Gasteiger charge is -2.10. The number of fused-ring (bicyclic) bond motifs is 1. The van der Waals surface area contributed by atoms with Crippen LogP contribution >= 0.6 is 15.9 Å². The first-order valence-corrected chi connectivity index (χ1v) is 5.62. The van der Waals surface area contributed by atoms with Gasteiger partial charge in [0.15, 0.2) is 0 Å². The van der Waals surface area contributed by atoms with Crippen molar-refractivity contribution in [3.8, 4) is 0 Å². The van der Waals surface area contributed by atoms with E-state index in [4.69, 9.17) is 0 Å². The molecule has 1 aromatic carbocycles. The number of alkyl halides is 1. The van der Waals surface area contributed by atoms with Crippen LogP contribution in [0.4, 0.5) is 0 Å². The summed E-state index contributed by atoms with van der Waals surface area (Å²) >= 11 is 3.43. The molecule has 1 aromatic heterocycles. The summed E-state index contributed by atoms with van der Waals surface area (Å²) in [5.41, 5.74) is 0.754. The van der Waals surface area contributed by atoms with Crippen molar-refractivity contribution in [2.24, 2.45) is 0 Å². The van der Waals surface area contributed by atoms with Crippen LogP contribution in [-0.4, -0.2) is 17.4 Å². The van der Waals surface area contributed by atoms with E-state index in [0.29, 0.717) is 5.39 Å². The fourth-order valence-corrected chi connectivity index (χ4v) is 2.00. The molecule has 1 heterocycles. The number of rotatable bonds is 1. The van der Waals surface area contributed by atoms with Crippen LogP contribution in [0.1, 0.15) is 17.6 Å². The fourth-order valence-electron chi connectivity index (χ4n) is 1.59. The molecule has 1 unspecified atom stereocenters. The van der Waals surface area contributed by atoms with Crippen molar-refractivity contribution in [1.29, 1.82) is 0 Å². The predicted octanol–water partition coefficient (Wildman–Crippen LogP) is 1.25. The molecule has 2 aromatic rings. The van der Waals surface area contributed by atoms with E-state index in [1.165, 1.54) is 0 Å². The molecule has 0 aliphatic heterocycles. The van der Waals surface area contributed by atoms with E-state index in [9.17, 15) is 4.79 Å². The average molecular weight is 265 g/mol. The van der Waals surface area contributed by atoms with Gasteiger partial charge in [0.2, 0.25) is 13.5 Å². The molecule has 3 nitrogen and oxygen atoms in total. The van der Waals surface area contributed by atoms with Gasteiger partial charge in [0, 0.05) is 0 Å². The maximum Gasteiger partial charge on any atom is 0.248 e. The van der Waals surface area contributed by atoms with Gasteiger partial charge in [-0.25, -0.2) is 4.98 Å². The minimum Gasteiger partial charge on any atom is -0.349 e. The highest BCUT2D eigenvalue weighted by Gasteiger charge is 2.10. The highest BCUT2D eigenvalue weighted by molar-refractivity contribution is 9.09. The number of halogens is 1. The second-order valence-corrected chi connectivity index (χ2v) is 4.84. The SMILES string of the molecule is Bn1c(C(C)Br)nc2ccccc2c1=O. The van der Waals surface area contributed by atoms with E-state index in [1.54, 1.807) is 18.5 Å². The Kier molecular flexibility index (Phi) is 2.65. The average Bonchev–Trinajstić information content (AvgIpc) is 2.23. The molecule has 0 aliphatic rings. The van der Waals surface area contributed by atoms with E-state index < -0.39 is 0 Å². The van der Waals surface area contributed by atoms with Crippen LogP contribution in [0.5, 0.6) is 0 Å². The molecule has 0 spiro atoms. The quantitative estimate of drug-likeness (QED) is 0.574. The molecule has 0 N–H and O–H groups in total. The molecule has 15 heavy (non-hydrogen) atoms. The Morgan fingerprint density at radius 2 is 2.13 bits per heavy atom. The van der Waals surface area contributed by atoms with Gasteiger partial charge in [-0.05, 0) is 19.1 Å². The van der Waals surface area contributed by atoms with Gasteiger partial charge in [0.1, 0.15) is 5.82 Å². The zero-order valence-electron chi connectivity index (χ0n) is 8.57. The minimum atomic E-state index is 0.00176. The third kappa shape index (κ3) is 1.72. The number of hydrogen-bond donors (Lipinski definition) is 0. The lowest BCUT2D eigenvalue weighted by molar-refractivity contribution is 0.890. The van der Waals surface area contributed by atoms with Crippen LogP contribution in [0, 0.1) is 0 Å². The van der Waals surface area contributed by atoms with Gasteiger partial charge in [-0.3, -0.25) is 4.79 Å². The van der Waals surface area contributed by atoms with Crippen molar-refractivity contribution in [3.63, 3.8) is 0 Å². The molecule has 0 saturated heterocycles. The van der Waals surface area contributed by atoms with Gasteiger partial charge in [0.25, 0.3) is 0 Å². The van der Waals surface area contributed by atoms with Gasteiger partial charge < -0.3 is 4.48 Å². The van der Waals surface area contributed by atoms with Crippen molar-refractivity contribution in [2.45, 2.75) is 11.8 Å². The third-order valence-electron chi connectivity index (χ3n) is 2.37. The van der Waals surface area contributed by atoms with Crippen LogP contribution in [0.25, 0.3) is 10.9 Å². The zero-order valence-corrected chi connectivity index (χ0v) is 10.2. The van der Waals surface area contributed by atoms with Crippen LogP contribution in [0.2, 0.25) is 0 Å². The second kappa shape index (κ2) is 3.81. The zero-order chi connectivity index (χ0) is 11.0. The molecule has 0 radical (unpaired) electrons. The largest absolute Gasteiger partial charge is 0.349 e. The Morgan fingerprint density at radius 1 is 1.47 bits per heavy atom. The summed E-state index contributed by atoms with van der Waals surface area (Å²) < 4.78 is 1.59. The van der Waals surface area contributed by atoms with E-state index in [2.05, 4.69) is 20.9 Å². The topological polar surface area (TPSA) is 34.9 Å². The molecule has 0 bridgehead atoms. The van der Waals surface area contributed by atoms with Crippen LogP contribution in [0.15, 0.2) is 29.1 Å². The summed E-state index contributed by atoms with van der Waals surface area (Å²) in [5.74, 6) is 0.749. The minimum absolute atomic E-state index is 0.00176. The molecule has 0 saturated carbocycles. The monoisotopic (exact) mass is 264 g/mol.